The lowest BCUT2D eigenvalue weighted by Gasteiger charge is -2.30. The molecule has 0 atom stereocenters. The first kappa shape index (κ1) is 23.0. The van der Waals surface area contributed by atoms with Gasteiger partial charge < -0.3 is 5.11 Å². The summed E-state index contributed by atoms with van der Waals surface area (Å²) in [5.41, 5.74) is 5.30. The highest BCUT2D eigenvalue weighted by atomic mass is 32.2. The van der Waals surface area contributed by atoms with Crippen molar-refractivity contribution in [1.82, 2.24) is 0 Å². The van der Waals surface area contributed by atoms with Crippen LogP contribution in [0.15, 0.2) is 94.2 Å². The standard InChI is InChI=1S/C31H25NO2S/c1-3-31(4-2)28-16-20(15-23(19-32)30(33)34)9-13-26(28)27-14-12-25(18-29(27)31)35-24-11-10-21-7-5-6-8-22(21)17-24/h5-18H,3-4H2,1-2H3,(H,33,34). The highest BCUT2D eigenvalue weighted by molar-refractivity contribution is 7.99. The molecule has 3 nitrogen and oxygen atoms in total. The van der Waals surface area contributed by atoms with Gasteiger partial charge in [-0.05, 0) is 81.8 Å². The summed E-state index contributed by atoms with van der Waals surface area (Å²) >= 11 is 1.78. The van der Waals surface area contributed by atoms with E-state index in [0.717, 1.165) is 18.4 Å². The van der Waals surface area contributed by atoms with E-state index in [1.54, 1.807) is 17.8 Å². The molecular weight excluding hydrogens is 450 g/mol. The molecule has 0 heterocycles. The molecule has 0 saturated carbocycles. The highest BCUT2D eigenvalue weighted by Crippen LogP contribution is 2.54. The summed E-state index contributed by atoms with van der Waals surface area (Å²) in [5.74, 6) is -1.20. The number of carbonyl (C=O) groups is 1. The van der Waals surface area contributed by atoms with E-state index < -0.39 is 5.97 Å². The van der Waals surface area contributed by atoms with Gasteiger partial charge >= 0.3 is 5.97 Å². The third kappa shape index (κ3) is 3.92. The van der Waals surface area contributed by atoms with Gasteiger partial charge in [0.1, 0.15) is 11.6 Å². The lowest BCUT2D eigenvalue weighted by atomic mass is 9.73. The van der Waals surface area contributed by atoms with Gasteiger partial charge in [0.05, 0.1) is 0 Å². The minimum atomic E-state index is -1.20. The summed E-state index contributed by atoms with van der Waals surface area (Å²) in [6.45, 7) is 4.43. The fraction of sp³-hybridized carbons (Fsp3) is 0.161. The van der Waals surface area contributed by atoms with Crippen LogP contribution in [0.1, 0.15) is 43.4 Å². The first-order valence-corrected chi connectivity index (χ1v) is 12.6. The second-order valence-electron chi connectivity index (χ2n) is 8.89. The van der Waals surface area contributed by atoms with Gasteiger partial charge in [-0.15, -0.1) is 0 Å². The number of nitrogens with zero attached hydrogens (tertiary/aromatic N) is 1. The monoisotopic (exact) mass is 475 g/mol. The minimum Gasteiger partial charge on any atom is -0.477 e. The van der Waals surface area contributed by atoms with Crippen molar-refractivity contribution in [1.29, 1.82) is 5.26 Å². The van der Waals surface area contributed by atoms with Gasteiger partial charge in [0.25, 0.3) is 0 Å². The van der Waals surface area contributed by atoms with Crippen LogP contribution in [0.4, 0.5) is 0 Å². The van der Waals surface area contributed by atoms with Crippen molar-refractivity contribution in [2.45, 2.75) is 41.9 Å². The fourth-order valence-corrected chi connectivity index (χ4v) is 6.24. The van der Waals surface area contributed by atoms with Gasteiger partial charge in [0.15, 0.2) is 0 Å². The average molecular weight is 476 g/mol. The SMILES string of the molecule is CCC1(CC)c2cc(C=C(C#N)C(=O)O)ccc2-c2ccc(Sc3ccc4ccccc4c3)cc21. The summed E-state index contributed by atoms with van der Waals surface area (Å²) < 4.78 is 0. The maximum atomic E-state index is 11.4. The molecule has 35 heavy (non-hydrogen) atoms. The van der Waals surface area contributed by atoms with Crippen LogP contribution in [0, 0.1) is 11.3 Å². The number of aliphatic carboxylic acids is 1. The molecule has 1 aliphatic carbocycles. The predicted molar refractivity (Wildman–Crippen MR) is 143 cm³/mol. The number of fused-ring (bicyclic) bond motifs is 4. The predicted octanol–water partition coefficient (Wildman–Crippen LogP) is 8.07. The van der Waals surface area contributed by atoms with Gasteiger partial charge in [0, 0.05) is 15.2 Å². The van der Waals surface area contributed by atoms with E-state index in [4.69, 9.17) is 0 Å². The van der Waals surface area contributed by atoms with Crippen molar-refractivity contribution in [2.75, 3.05) is 0 Å². The van der Waals surface area contributed by atoms with Crippen LogP contribution in [0.5, 0.6) is 0 Å². The Morgan fingerprint density at radius 1 is 0.886 bits per heavy atom. The van der Waals surface area contributed by atoms with Crippen LogP contribution in [0.3, 0.4) is 0 Å². The average Bonchev–Trinajstić information content (AvgIpc) is 3.15. The third-order valence-corrected chi connectivity index (χ3v) is 8.16. The number of carboxylic acids is 1. The van der Waals surface area contributed by atoms with Crippen molar-refractivity contribution in [3.8, 4) is 17.2 Å². The van der Waals surface area contributed by atoms with Gasteiger partial charge in [0.2, 0.25) is 0 Å². The number of nitriles is 1. The molecule has 1 aliphatic rings. The van der Waals surface area contributed by atoms with Crippen molar-refractivity contribution in [3.63, 3.8) is 0 Å². The molecule has 0 saturated heterocycles. The number of carboxylic acid groups (broad SMARTS) is 1. The van der Waals surface area contributed by atoms with Crippen LogP contribution >= 0.6 is 11.8 Å². The summed E-state index contributed by atoms with van der Waals surface area (Å²) in [4.78, 5) is 13.8. The highest BCUT2D eigenvalue weighted by Gasteiger charge is 2.40. The zero-order valence-electron chi connectivity index (χ0n) is 19.7. The Kier molecular flexibility index (Phi) is 5.96. The molecule has 172 valence electrons. The molecule has 0 spiro atoms. The van der Waals surface area contributed by atoms with Gasteiger partial charge in [-0.3, -0.25) is 0 Å². The first-order valence-electron chi connectivity index (χ1n) is 11.8. The van der Waals surface area contributed by atoms with E-state index in [-0.39, 0.29) is 11.0 Å². The van der Waals surface area contributed by atoms with Crippen molar-refractivity contribution in [3.05, 3.63) is 101 Å². The Balaban J connectivity index is 1.57. The fourth-order valence-electron chi connectivity index (χ4n) is 5.33. The van der Waals surface area contributed by atoms with Crippen molar-refractivity contribution in [2.24, 2.45) is 0 Å². The molecule has 1 N–H and O–H groups in total. The topological polar surface area (TPSA) is 61.1 Å². The molecule has 0 aromatic heterocycles. The maximum absolute atomic E-state index is 11.4. The minimum absolute atomic E-state index is 0.148. The molecule has 5 rings (SSSR count). The Bertz CT molecular complexity index is 1540. The molecule has 0 aliphatic heterocycles. The first-order chi connectivity index (χ1) is 17.0. The van der Waals surface area contributed by atoms with Crippen LogP contribution in [0.2, 0.25) is 0 Å². The summed E-state index contributed by atoms with van der Waals surface area (Å²) in [6.07, 6.45) is 3.33. The van der Waals surface area contributed by atoms with E-state index in [2.05, 4.69) is 86.6 Å². The van der Waals surface area contributed by atoms with Crippen LogP contribution < -0.4 is 0 Å². The summed E-state index contributed by atoms with van der Waals surface area (Å²) in [6, 6.07) is 29.6. The lowest BCUT2D eigenvalue weighted by Crippen LogP contribution is -2.23. The van der Waals surface area contributed by atoms with Crippen LogP contribution in [-0.4, -0.2) is 11.1 Å². The Labute approximate surface area is 209 Å². The molecule has 0 fully saturated rings. The van der Waals surface area contributed by atoms with Gasteiger partial charge in [-0.25, -0.2) is 4.79 Å². The largest absolute Gasteiger partial charge is 0.477 e. The second-order valence-corrected chi connectivity index (χ2v) is 10.0. The van der Waals surface area contributed by atoms with Crippen molar-refractivity contribution >= 4 is 34.6 Å². The molecule has 4 aromatic rings. The van der Waals surface area contributed by atoms with Crippen molar-refractivity contribution < 1.29 is 9.90 Å². The number of benzene rings is 4. The molecular formula is C31H25NO2S. The molecule has 0 bridgehead atoms. The van der Waals surface area contributed by atoms with Gasteiger partial charge in [-0.1, -0.05) is 80.2 Å². The number of rotatable bonds is 6. The maximum Gasteiger partial charge on any atom is 0.346 e. The summed E-state index contributed by atoms with van der Waals surface area (Å²) in [7, 11) is 0. The van der Waals surface area contributed by atoms with Gasteiger partial charge in [-0.2, -0.15) is 5.26 Å². The number of hydrogen-bond acceptors (Lipinski definition) is 3. The normalized spacial score (nSPS) is 13.8. The zero-order valence-corrected chi connectivity index (χ0v) is 20.5. The Morgan fingerprint density at radius 3 is 2.20 bits per heavy atom. The van der Waals surface area contributed by atoms with Crippen LogP contribution in [0.25, 0.3) is 28.0 Å². The number of hydrogen-bond donors (Lipinski definition) is 1. The van der Waals surface area contributed by atoms with E-state index >= 15 is 0 Å². The third-order valence-electron chi connectivity index (χ3n) is 7.18. The molecule has 0 radical (unpaired) electrons. The van der Waals surface area contributed by atoms with E-state index in [9.17, 15) is 15.2 Å². The molecule has 0 unspecified atom stereocenters. The quantitative estimate of drug-likeness (QED) is 0.226. The zero-order chi connectivity index (χ0) is 24.6. The smallest absolute Gasteiger partial charge is 0.346 e. The van der Waals surface area contributed by atoms with E-state index in [0.29, 0.717) is 0 Å². The molecule has 0 amide bonds. The second kappa shape index (κ2) is 9.09. The molecule has 4 aromatic carbocycles. The lowest BCUT2D eigenvalue weighted by molar-refractivity contribution is -0.132. The Morgan fingerprint density at radius 2 is 1.51 bits per heavy atom. The summed E-state index contributed by atoms with van der Waals surface area (Å²) in [5, 5.41) is 21.0. The Hall–Kier alpha value is -3.81. The van der Waals surface area contributed by atoms with E-state index in [1.165, 1.54) is 48.9 Å². The van der Waals surface area contributed by atoms with Crippen LogP contribution in [-0.2, 0) is 10.2 Å². The van der Waals surface area contributed by atoms with E-state index in [1.807, 2.05) is 6.07 Å². The molecule has 4 heteroatoms.